The number of fused-ring (bicyclic) bond motifs is 1. The lowest BCUT2D eigenvalue weighted by molar-refractivity contribution is 0.102. The van der Waals surface area contributed by atoms with Crippen molar-refractivity contribution in [3.8, 4) is 0 Å². The molecule has 17 heavy (non-hydrogen) atoms. The van der Waals surface area contributed by atoms with E-state index in [-0.39, 0.29) is 22.1 Å². The predicted octanol–water partition coefficient (Wildman–Crippen LogP) is 3.02. The third-order valence-electron chi connectivity index (χ3n) is 2.55. The number of aromatic nitrogens is 1. The summed E-state index contributed by atoms with van der Waals surface area (Å²) in [6, 6.07) is 5.57. The van der Waals surface area contributed by atoms with Gasteiger partial charge in [-0.05, 0) is 47.7 Å². The van der Waals surface area contributed by atoms with Crippen LogP contribution in [0.2, 0.25) is 0 Å². The maximum Gasteiger partial charge on any atom is 0.200 e. The fraction of sp³-hybridized carbons (Fsp3) is 0.167. The number of H-pyrrole nitrogens is 1. The van der Waals surface area contributed by atoms with E-state index in [4.69, 9.17) is 0 Å². The lowest BCUT2D eigenvalue weighted by Gasteiger charge is -2.06. The number of hydrogen-bond acceptors (Lipinski definition) is 2. The molecule has 0 aliphatic rings. The maximum absolute atomic E-state index is 12.2. The summed E-state index contributed by atoms with van der Waals surface area (Å²) < 4.78 is 0.974. The highest BCUT2D eigenvalue weighted by Crippen LogP contribution is 2.15. The molecule has 0 spiro atoms. The van der Waals surface area contributed by atoms with E-state index in [0.29, 0.717) is 11.1 Å². The summed E-state index contributed by atoms with van der Waals surface area (Å²) in [5.74, 6) is -0.190. The van der Waals surface area contributed by atoms with Gasteiger partial charge < -0.3 is 4.98 Å². The number of benzene rings is 1. The van der Waals surface area contributed by atoms with Crippen LogP contribution in [0.15, 0.2) is 23.0 Å². The molecule has 0 bridgehead atoms. The molecule has 1 aromatic heterocycles. The number of ketones is 1. The highest BCUT2D eigenvalue weighted by molar-refractivity contribution is 14.1. The summed E-state index contributed by atoms with van der Waals surface area (Å²) in [4.78, 5) is 27.0. The Kier molecular flexibility index (Phi) is 3.67. The third-order valence-corrected chi connectivity index (χ3v) is 3.73. The van der Waals surface area contributed by atoms with Gasteiger partial charge in [0.2, 0.25) is 5.43 Å². The first-order chi connectivity index (χ1) is 8.04. The van der Waals surface area contributed by atoms with Crippen LogP contribution in [0.3, 0.4) is 0 Å². The van der Waals surface area contributed by atoms with Crippen molar-refractivity contribution in [2.75, 3.05) is 5.33 Å². The minimum absolute atomic E-state index is 0.159. The lowest BCUT2D eigenvalue weighted by atomic mass is 10.1. The minimum Gasteiger partial charge on any atom is -0.358 e. The molecule has 0 saturated carbocycles. The van der Waals surface area contributed by atoms with Gasteiger partial charge in [0, 0.05) is 20.2 Å². The Labute approximate surface area is 120 Å². The van der Waals surface area contributed by atoms with Gasteiger partial charge in [-0.3, -0.25) is 9.59 Å². The highest BCUT2D eigenvalue weighted by atomic mass is 127. The van der Waals surface area contributed by atoms with Gasteiger partial charge in [0.05, 0.1) is 10.9 Å². The molecule has 5 heteroatoms. The molecular formula is C12H9BrINO2. The van der Waals surface area contributed by atoms with Crippen molar-refractivity contribution in [3.05, 3.63) is 43.2 Å². The van der Waals surface area contributed by atoms with Crippen LogP contribution in [0.5, 0.6) is 0 Å². The van der Waals surface area contributed by atoms with Gasteiger partial charge in [-0.1, -0.05) is 15.9 Å². The van der Waals surface area contributed by atoms with Crippen LogP contribution in [-0.2, 0) is 0 Å². The summed E-state index contributed by atoms with van der Waals surface area (Å²) in [7, 11) is 0. The van der Waals surface area contributed by atoms with E-state index in [1.54, 1.807) is 13.0 Å². The Morgan fingerprint density at radius 3 is 2.82 bits per heavy atom. The molecule has 1 aromatic carbocycles. The number of rotatable bonds is 2. The molecule has 0 saturated heterocycles. The summed E-state index contributed by atoms with van der Waals surface area (Å²) >= 11 is 5.24. The molecule has 0 radical (unpaired) electrons. The Bertz CT molecular complexity index is 663. The second-order valence-electron chi connectivity index (χ2n) is 3.70. The molecule has 0 atom stereocenters. The van der Waals surface area contributed by atoms with Crippen LogP contribution < -0.4 is 5.43 Å². The fourth-order valence-corrected chi connectivity index (χ4v) is 2.56. The number of nitrogens with one attached hydrogen (secondary N) is 1. The number of carbonyl (C=O) groups excluding carboxylic acids is 1. The van der Waals surface area contributed by atoms with Crippen molar-refractivity contribution in [1.29, 1.82) is 0 Å². The topological polar surface area (TPSA) is 49.9 Å². The van der Waals surface area contributed by atoms with Crippen molar-refractivity contribution < 1.29 is 4.79 Å². The standard InChI is InChI=1S/C12H9BrINO2/c1-6-11(10(16)5-13)12(17)8-4-7(14)2-3-9(8)15-6/h2-4H,5H2,1H3,(H,15,17). The summed E-state index contributed by atoms with van der Waals surface area (Å²) in [5.41, 5.74) is 1.43. The quantitative estimate of drug-likeness (QED) is 0.474. The van der Waals surface area contributed by atoms with Gasteiger partial charge >= 0.3 is 0 Å². The first kappa shape index (κ1) is 12.8. The van der Waals surface area contributed by atoms with E-state index in [0.717, 1.165) is 9.09 Å². The molecule has 0 amide bonds. The van der Waals surface area contributed by atoms with Crippen LogP contribution in [0.1, 0.15) is 16.1 Å². The first-order valence-electron chi connectivity index (χ1n) is 4.96. The van der Waals surface area contributed by atoms with Crippen molar-refractivity contribution in [1.82, 2.24) is 4.98 Å². The number of pyridine rings is 1. The normalized spacial score (nSPS) is 10.8. The number of Topliss-reactive ketones (excluding diaryl/α,β-unsaturated/α-hetero) is 1. The predicted molar refractivity (Wildman–Crippen MR) is 80.1 cm³/mol. The van der Waals surface area contributed by atoms with Crippen LogP contribution in [-0.4, -0.2) is 16.1 Å². The Morgan fingerprint density at radius 1 is 1.47 bits per heavy atom. The van der Waals surface area contributed by atoms with Gasteiger partial charge in [-0.15, -0.1) is 0 Å². The van der Waals surface area contributed by atoms with E-state index in [1.165, 1.54) is 0 Å². The second kappa shape index (κ2) is 4.89. The summed E-state index contributed by atoms with van der Waals surface area (Å²) in [6.45, 7) is 1.74. The third kappa shape index (κ3) is 2.30. The lowest BCUT2D eigenvalue weighted by Crippen LogP contribution is -2.19. The number of alkyl halides is 1. The Hall–Kier alpha value is -0.690. The van der Waals surface area contributed by atoms with Gasteiger partial charge in [-0.2, -0.15) is 0 Å². The largest absolute Gasteiger partial charge is 0.358 e. The van der Waals surface area contributed by atoms with E-state index < -0.39 is 0 Å². The van der Waals surface area contributed by atoms with Crippen molar-refractivity contribution in [2.45, 2.75) is 6.92 Å². The zero-order valence-electron chi connectivity index (χ0n) is 9.01. The van der Waals surface area contributed by atoms with E-state index in [9.17, 15) is 9.59 Å². The average molecular weight is 406 g/mol. The molecule has 0 aliphatic carbocycles. The zero-order valence-corrected chi connectivity index (χ0v) is 12.8. The second-order valence-corrected chi connectivity index (χ2v) is 5.51. The van der Waals surface area contributed by atoms with Crippen LogP contribution in [0.25, 0.3) is 10.9 Å². The molecule has 0 unspecified atom stereocenters. The smallest absolute Gasteiger partial charge is 0.200 e. The van der Waals surface area contributed by atoms with Crippen molar-refractivity contribution >= 4 is 55.2 Å². The molecule has 1 heterocycles. The molecule has 2 aromatic rings. The zero-order chi connectivity index (χ0) is 12.6. The molecule has 0 fully saturated rings. The molecule has 3 nitrogen and oxygen atoms in total. The highest BCUT2D eigenvalue weighted by Gasteiger charge is 2.15. The number of hydrogen-bond donors (Lipinski definition) is 1. The number of aromatic amines is 1. The van der Waals surface area contributed by atoms with Gasteiger partial charge in [-0.25, -0.2) is 0 Å². The van der Waals surface area contributed by atoms with Crippen LogP contribution >= 0.6 is 38.5 Å². The minimum atomic E-state index is -0.195. The van der Waals surface area contributed by atoms with Crippen molar-refractivity contribution in [3.63, 3.8) is 0 Å². The molecule has 0 aliphatic heterocycles. The number of halogens is 2. The van der Waals surface area contributed by atoms with Gasteiger partial charge in [0.15, 0.2) is 5.78 Å². The molecule has 1 N–H and O–H groups in total. The van der Waals surface area contributed by atoms with E-state index in [2.05, 4.69) is 43.5 Å². The Morgan fingerprint density at radius 2 is 2.18 bits per heavy atom. The number of carbonyl (C=O) groups is 1. The molecule has 88 valence electrons. The summed E-state index contributed by atoms with van der Waals surface area (Å²) in [6.07, 6.45) is 0. The van der Waals surface area contributed by atoms with Gasteiger partial charge in [0.1, 0.15) is 0 Å². The first-order valence-corrected chi connectivity index (χ1v) is 7.16. The van der Waals surface area contributed by atoms with Gasteiger partial charge in [0.25, 0.3) is 0 Å². The monoisotopic (exact) mass is 405 g/mol. The van der Waals surface area contributed by atoms with Crippen molar-refractivity contribution in [2.24, 2.45) is 0 Å². The SMILES string of the molecule is Cc1[nH]c2ccc(I)cc2c(=O)c1C(=O)CBr. The molecule has 2 rings (SSSR count). The summed E-state index contributed by atoms with van der Waals surface area (Å²) in [5, 5.41) is 0.721. The van der Waals surface area contributed by atoms with E-state index in [1.807, 2.05) is 12.1 Å². The fourth-order valence-electron chi connectivity index (χ4n) is 1.79. The molecular weight excluding hydrogens is 397 g/mol. The Balaban J connectivity index is 2.87. The van der Waals surface area contributed by atoms with Crippen LogP contribution in [0, 0.1) is 10.5 Å². The maximum atomic E-state index is 12.2. The van der Waals surface area contributed by atoms with Crippen LogP contribution in [0.4, 0.5) is 0 Å². The average Bonchev–Trinajstić information content (AvgIpc) is 2.30. The number of aryl methyl sites for hydroxylation is 1. The van der Waals surface area contributed by atoms with E-state index >= 15 is 0 Å².